The Balaban J connectivity index is 1.77. The van der Waals surface area contributed by atoms with Crippen LogP contribution in [0, 0.1) is 0 Å². The standard InChI is InChI=1S/C21H26N2O4S/c1-27-19-11-10-18(21(24)23-14-6-3-7-15-23)16-20(19)28(25,26)22-13-12-17-8-4-2-5-9-17/h2,4-5,8-11,16,22H,3,6-7,12-15H2,1H3. The van der Waals surface area contributed by atoms with Crippen molar-refractivity contribution in [1.82, 2.24) is 9.62 Å². The third kappa shape index (κ3) is 4.91. The molecule has 0 saturated carbocycles. The van der Waals surface area contributed by atoms with Gasteiger partial charge in [0.25, 0.3) is 5.91 Å². The highest BCUT2D eigenvalue weighted by Crippen LogP contribution is 2.26. The molecule has 0 bridgehead atoms. The number of methoxy groups -OCH3 is 1. The molecule has 1 heterocycles. The van der Waals surface area contributed by atoms with Crippen molar-refractivity contribution < 1.29 is 17.9 Å². The minimum absolute atomic E-state index is 0.00841. The second-order valence-electron chi connectivity index (χ2n) is 6.85. The number of nitrogens with one attached hydrogen (secondary N) is 1. The number of sulfonamides is 1. The molecule has 0 radical (unpaired) electrons. The first-order valence-corrected chi connectivity index (χ1v) is 11.0. The maximum Gasteiger partial charge on any atom is 0.253 e. The maximum absolute atomic E-state index is 12.8. The topological polar surface area (TPSA) is 75.7 Å². The summed E-state index contributed by atoms with van der Waals surface area (Å²) in [5.74, 6) is 0.0884. The van der Waals surface area contributed by atoms with Crippen LogP contribution in [0.5, 0.6) is 5.75 Å². The molecule has 6 nitrogen and oxygen atoms in total. The number of carbonyl (C=O) groups is 1. The molecule has 1 N–H and O–H groups in total. The molecular formula is C21H26N2O4S. The van der Waals surface area contributed by atoms with Gasteiger partial charge in [0.2, 0.25) is 10.0 Å². The molecule has 28 heavy (non-hydrogen) atoms. The predicted molar refractivity (Wildman–Crippen MR) is 108 cm³/mol. The molecule has 1 saturated heterocycles. The first-order chi connectivity index (χ1) is 13.5. The van der Waals surface area contributed by atoms with Crippen molar-refractivity contribution in [3.63, 3.8) is 0 Å². The number of nitrogens with zero attached hydrogens (tertiary/aromatic N) is 1. The average molecular weight is 403 g/mol. The Bertz CT molecular complexity index is 907. The SMILES string of the molecule is COc1ccc(C(=O)N2CCCCC2)cc1S(=O)(=O)NCCc1ccccc1. The van der Waals surface area contributed by atoms with E-state index in [0.29, 0.717) is 25.1 Å². The highest BCUT2D eigenvalue weighted by Gasteiger charge is 2.24. The van der Waals surface area contributed by atoms with Crippen LogP contribution in [0.3, 0.4) is 0 Å². The largest absolute Gasteiger partial charge is 0.495 e. The molecule has 0 aliphatic carbocycles. The van der Waals surface area contributed by atoms with Gasteiger partial charge in [0.1, 0.15) is 10.6 Å². The fraction of sp³-hybridized carbons (Fsp3) is 0.381. The molecule has 2 aromatic carbocycles. The highest BCUT2D eigenvalue weighted by molar-refractivity contribution is 7.89. The Labute approximate surface area is 166 Å². The van der Waals surface area contributed by atoms with Gasteiger partial charge in [-0.25, -0.2) is 13.1 Å². The van der Waals surface area contributed by atoms with E-state index in [0.717, 1.165) is 24.8 Å². The van der Waals surface area contributed by atoms with Crippen LogP contribution in [0.15, 0.2) is 53.4 Å². The zero-order chi connectivity index (χ0) is 20.0. The number of hydrogen-bond acceptors (Lipinski definition) is 4. The summed E-state index contributed by atoms with van der Waals surface area (Å²) < 4.78 is 33.5. The molecule has 7 heteroatoms. The fourth-order valence-corrected chi connectivity index (χ4v) is 4.58. The molecule has 0 aromatic heterocycles. The number of hydrogen-bond donors (Lipinski definition) is 1. The minimum Gasteiger partial charge on any atom is -0.495 e. The van der Waals surface area contributed by atoms with Crippen LogP contribution in [0.1, 0.15) is 35.2 Å². The first-order valence-electron chi connectivity index (χ1n) is 9.52. The summed E-state index contributed by atoms with van der Waals surface area (Å²) in [7, 11) is -2.38. The third-order valence-corrected chi connectivity index (χ3v) is 6.37. The number of carbonyl (C=O) groups excluding carboxylic acids is 1. The van der Waals surface area contributed by atoms with E-state index in [-0.39, 0.29) is 23.1 Å². The minimum atomic E-state index is -3.81. The normalized spacial score (nSPS) is 14.7. The molecule has 1 fully saturated rings. The van der Waals surface area contributed by atoms with Crippen molar-refractivity contribution in [3.05, 3.63) is 59.7 Å². The molecule has 3 rings (SSSR count). The third-order valence-electron chi connectivity index (χ3n) is 4.89. The van der Waals surface area contributed by atoms with E-state index in [1.54, 1.807) is 17.0 Å². The number of benzene rings is 2. The molecule has 150 valence electrons. The Morgan fingerprint density at radius 2 is 1.79 bits per heavy atom. The summed E-state index contributed by atoms with van der Waals surface area (Å²) in [4.78, 5) is 14.5. The van der Waals surface area contributed by atoms with Gasteiger partial charge in [-0.05, 0) is 49.4 Å². The maximum atomic E-state index is 12.8. The quantitative estimate of drug-likeness (QED) is 0.773. The van der Waals surface area contributed by atoms with E-state index in [2.05, 4.69) is 4.72 Å². The summed E-state index contributed by atoms with van der Waals surface area (Å²) in [6.45, 7) is 1.68. The van der Waals surface area contributed by atoms with Crippen molar-refractivity contribution in [2.24, 2.45) is 0 Å². The molecule has 2 aromatic rings. The summed E-state index contributed by atoms with van der Waals surface area (Å²) in [6.07, 6.45) is 3.66. The Morgan fingerprint density at radius 3 is 2.46 bits per heavy atom. The van der Waals surface area contributed by atoms with Gasteiger partial charge >= 0.3 is 0 Å². The molecule has 0 atom stereocenters. The van der Waals surface area contributed by atoms with Crippen LogP contribution in [-0.2, 0) is 16.4 Å². The van der Waals surface area contributed by atoms with Gasteiger partial charge in [0.05, 0.1) is 7.11 Å². The Kier molecular flexibility index (Phi) is 6.70. The second kappa shape index (κ2) is 9.21. The number of piperidine rings is 1. The molecule has 0 spiro atoms. The highest BCUT2D eigenvalue weighted by atomic mass is 32.2. The van der Waals surface area contributed by atoms with Crippen LogP contribution >= 0.6 is 0 Å². The van der Waals surface area contributed by atoms with Crippen molar-refractivity contribution in [1.29, 1.82) is 0 Å². The number of likely N-dealkylation sites (tertiary alicyclic amines) is 1. The summed E-state index contributed by atoms with van der Waals surface area (Å²) in [5, 5.41) is 0. The number of rotatable bonds is 7. The van der Waals surface area contributed by atoms with E-state index >= 15 is 0 Å². The van der Waals surface area contributed by atoms with E-state index in [1.165, 1.54) is 13.2 Å². The average Bonchev–Trinajstić information content (AvgIpc) is 2.74. The Hall–Kier alpha value is -2.38. The number of ether oxygens (including phenoxy) is 1. The summed E-state index contributed by atoms with van der Waals surface area (Å²) >= 11 is 0. The zero-order valence-electron chi connectivity index (χ0n) is 16.1. The van der Waals surface area contributed by atoms with E-state index in [1.807, 2.05) is 30.3 Å². The number of amides is 1. The van der Waals surface area contributed by atoms with Crippen LogP contribution < -0.4 is 9.46 Å². The van der Waals surface area contributed by atoms with Crippen molar-refractivity contribution in [2.75, 3.05) is 26.7 Å². The van der Waals surface area contributed by atoms with Gasteiger partial charge in [-0.3, -0.25) is 4.79 Å². The lowest BCUT2D eigenvalue weighted by atomic mass is 10.1. The van der Waals surface area contributed by atoms with Crippen molar-refractivity contribution >= 4 is 15.9 Å². The van der Waals surface area contributed by atoms with Gasteiger partial charge in [-0.2, -0.15) is 0 Å². The van der Waals surface area contributed by atoms with Crippen LogP contribution in [-0.4, -0.2) is 46.0 Å². The second-order valence-corrected chi connectivity index (χ2v) is 8.59. The van der Waals surface area contributed by atoms with E-state index in [4.69, 9.17) is 4.74 Å². The van der Waals surface area contributed by atoms with Crippen molar-refractivity contribution in [3.8, 4) is 5.75 Å². The molecule has 1 aliphatic rings. The van der Waals surface area contributed by atoms with E-state index in [9.17, 15) is 13.2 Å². The zero-order valence-corrected chi connectivity index (χ0v) is 16.9. The van der Waals surface area contributed by atoms with Crippen LogP contribution in [0.2, 0.25) is 0 Å². The Morgan fingerprint density at radius 1 is 1.07 bits per heavy atom. The van der Waals surface area contributed by atoms with Gasteiger partial charge in [0, 0.05) is 25.2 Å². The van der Waals surface area contributed by atoms with Crippen molar-refractivity contribution in [2.45, 2.75) is 30.6 Å². The van der Waals surface area contributed by atoms with Gasteiger partial charge in [0.15, 0.2) is 0 Å². The van der Waals surface area contributed by atoms with Crippen LogP contribution in [0.4, 0.5) is 0 Å². The molecule has 0 unspecified atom stereocenters. The lowest BCUT2D eigenvalue weighted by molar-refractivity contribution is 0.0724. The molecule has 1 amide bonds. The predicted octanol–water partition coefficient (Wildman–Crippen LogP) is 2.84. The molecular weight excluding hydrogens is 376 g/mol. The monoisotopic (exact) mass is 402 g/mol. The lowest BCUT2D eigenvalue weighted by Crippen LogP contribution is -2.35. The van der Waals surface area contributed by atoms with E-state index < -0.39 is 10.0 Å². The molecule has 1 aliphatic heterocycles. The van der Waals surface area contributed by atoms with Gasteiger partial charge in [-0.1, -0.05) is 30.3 Å². The van der Waals surface area contributed by atoms with Gasteiger partial charge < -0.3 is 9.64 Å². The smallest absolute Gasteiger partial charge is 0.253 e. The lowest BCUT2D eigenvalue weighted by Gasteiger charge is -2.27. The van der Waals surface area contributed by atoms with Gasteiger partial charge in [-0.15, -0.1) is 0 Å². The first kappa shape index (κ1) is 20.4. The summed E-state index contributed by atoms with van der Waals surface area (Å²) in [6, 6.07) is 14.2. The van der Waals surface area contributed by atoms with Crippen LogP contribution in [0.25, 0.3) is 0 Å². The summed E-state index contributed by atoms with van der Waals surface area (Å²) in [5.41, 5.74) is 1.41. The fourth-order valence-electron chi connectivity index (χ4n) is 3.35.